The first-order chi connectivity index (χ1) is 49.0. The fourth-order valence-corrected chi connectivity index (χ4v) is 12.1. The van der Waals surface area contributed by atoms with Gasteiger partial charge < -0.3 is 18.9 Å². The number of carbonyl (C=O) groups is 2. The molecule has 572 valence electrons. The average molecular weight is 1410 g/mol. The number of ether oxygens (including phenoxy) is 2. The predicted octanol–water partition coefficient (Wildman–Crippen LogP) is 27.8. The summed E-state index contributed by atoms with van der Waals surface area (Å²) in [4.78, 5) is 36.0. The van der Waals surface area contributed by atoms with Crippen LogP contribution < -0.4 is 0 Å². The Kier molecular flexibility index (Phi) is 75.3. The molecule has 0 rings (SSSR count). The number of carbonyl (C=O) groups excluding carboxylic acids is 2. The summed E-state index contributed by atoms with van der Waals surface area (Å²) in [6.07, 6.45) is 118. The van der Waals surface area contributed by atoms with Crippen LogP contribution in [0.3, 0.4) is 0 Å². The molecule has 100 heavy (non-hydrogen) atoms. The van der Waals surface area contributed by atoms with Gasteiger partial charge in [-0.1, -0.05) is 371 Å². The van der Waals surface area contributed by atoms with E-state index >= 15 is 0 Å². The lowest BCUT2D eigenvalue weighted by molar-refractivity contribution is -0.870. The highest BCUT2D eigenvalue weighted by molar-refractivity contribution is 7.47. The molecule has 0 radical (unpaired) electrons. The summed E-state index contributed by atoms with van der Waals surface area (Å²) in [6, 6.07) is 0. The molecular formula is C90H155NO8P+. The zero-order valence-electron chi connectivity index (χ0n) is 65.4. The van der Waals surface area contributed by atoms with Crippen molar-refractivity contribution in [3.8, 4) is 0 Å². The minimum Gasteiger partial charge on any atom is -0.462 e. The summed E-state index contributed by atoms with van der Waals surface area (Å²) in [7, 11) is 1.48. The quantitative estimate of drug-likeness (QED) is 0.0211. The number of esters is 2. The Labute approximate surface area is 617 Å². The molecule has 0 aliphatic rings. The summed E-state index contributed by atoms with van der Waals surface area (Å²) in [5.74, 6) is -0.792. The Morgan fingerprint density at radius 2 is 0.540 bits per heavy atom. The molecule has 2 unspecified atom stereocenters. The van der Waals surface area contributed by atoms with Gasteiger partial charge in [-0.3, -0.25) is 18.6 Å². The number of hydrogen-bond acceptors (Lipinski definition) is 7. The molecule has 0 aliphatic heterocycles. The van der Waals surface area contributed by atoms with Crippen LogP contribution >= 0.6 is 7.82 Å². The van der Waals surface area contributed by atoms with E-state index in [2.05, 4.69) is 172 Å². The van der Waals surface area contributed by atoms with E-state index in [-0.39, 0.29) is 32.0 Å². The molecule has 1 N–H and O–H groups in total. The molecule has 10 heteroatoms. The van der Waals surface area contributed by atoms with Gasteiger partial charge in [0.1, 0.15) is 19.8 Å². The summed E-state index contributed by atoms with van der Waals surface area (Å²) < 4.78 is 34.8. The molecule has 2 atom stereocenters. The molecule has 0 fully saturated rings. The number of rotatable bonds is 75. The van der Waals surface area contributed by atoms with Gasteiger partial charge in [-0.2, -0.15) is 0 Å². The lowest BCUT2D eigenvalue weighted by Gasteiger charge is -2.24. The fourth-order valence-electron chi connectivity index (χ4n) is 11.4. The van der Waals surface area contributed by atoms with Crippen molar-refractivity contribution in [2.75, 3.05) is 47.5 Å². The number of likely N-dealkylation sites (N-methyl/N-ethyl adjacent to an activating group) is 1. The van der Waals surface area contributed by atoms with Gasteiger partial charge in [-0.05, 0) is 122 Å². The largest absolute Gasteiger partial charge is 0.472 e. The first-order valence-corrected chi connectivity index (χ1v) is 42.7. The van der Waals surface area contributed by atoms with E-state index in [0.29, 0.717) is 17.4 Å². The monoisotopic (exact) mass is 1410 g/mol. The van der Waals surface area contributed by atoms with Crippen molar-refractivity contribution in [2.24, 2.45) is 0 Å². The molecule has 0 heterocycles. The Morgan fingerprint density at radius 1 is 0.310 bits per heavy atom. The second kappa shape index (κ2) is 78.8. The van der Waals surface area contributed by atoms with Gasteiger partial charge in [-0.15, -0.1) is 0 Å². The first-order valence-electron chi connectivity index (χ1n) is 41.2. The van der Waals surface area contributed by atoms with Crippen molar-refractivity contribution in [1.82, 2.24) is 0 Å². The van der Waals surface area contributed by atoms with E-state index in [9.17, 15) is 19.0 Å². The molecule has 9 nitrogen and oxygen atoms in total. The molecule has 0 bridgehead atoms. The summed E-state index contributed by atoms with van der Waals surface area (Å²) >= 11 is 0. The molecule has 0 aromatic carbocycles. The minimum atomic E-state index is -4.40. The van der Waals surface area contributed by atoms with Gasteiger partial charge in [0.2, 0.25) is 0 Å². The van der Waals surface area contributed by atoms with E-state index in [1.165, 1.54) is 193 Å². The highest BCUT2D eigenvalue weighted by Gasteiger charge is 2.27. The van der Waals surface area contributed by atoms with Crippen LogP contribution in [0.2, 0.25) is 0 Å². The first kappa shape index (κ1) is 95.6. The van der Waals surface area contributed by atoms with Gasteiger partial charge in [-0.25, -0.2) is 4.57 Å². The van der Waals surface area contributed by atoms with Gasteiger partial charge in [0.25, 0.3) is 0 Å². The third kappa shape index (κ3) is 82.6. The number of phosphoric acid groups is 1. The summed E-state index contributed by atoms with van der Waals surface area (Å²) in [6.45, 7) is 4.23. The number of quaternary nitrogens is 1. The van der Waals surface area contributed by atoms with Crippen LogP contribution in [0.15, 0.2) is 158 Å². The molecule has 0 aliphatic carbocycles. The second-order valence-corrected chi connectivity index (χ2v) is 29.8. The van der Waals surface area contributed by atoms with Crippen LogP contribution in [0.25, 0.3) is 0 Å². The molecule has 0 spiro atoms. The van der Waals surface area contributed by atoms with E-state index in [4.69, 9.17) is 18.5 Å². The second-order valence-electron chi connectivity index (χ2n) is 28.4. The maximum atomic E-state index is 12.9. The third-order valence-corrected chi connectivity index (χ3v) is 18.5. The van der Waals surface area contributed by atoms with Crippen molar-refractivity contribution in [1.29, 1.82) is 0 Å². The zero-order chi connectivity index (χ0) is 72.5. The van der Waals surface area contributed by atoms with Crippen LogP contribution in [0, 0.1) is 0 Å². The normalized spacial score (nSPS) is 13.9. The van der Waals surface area contributed by atoms with Crippen LogP contribution in [0.1, 0.15) is 348 Å². The lowest BCUT2D eigenvalue weighted by Crippen LogP contribution is -2.37. The number of hydrogen-bond donors (Lipinski definition) is 1. The Morgan fingerprint density at radius 3 is 0.800 bits per heavy atom. The van der Waals surface area contributed by atoms with Crippen molar-refractivity contribution in [3.63, 3.8) is 0 Å². The number of nitrogens with zero attached hydrogens (tertiary/aromatic N) is 1. The SMILES string of the molecule is CC/C=C\C/C=C\C/C=C\C/C=C\C/C=C\C/C=C\C/C=C\C/C=C\CCCCCCCCCCCCCCC(=O)OC(COC(=O)CCCCCCCCCCCCCCCCCCCCCCCCC/C=C\C/C=C\C/C=C\C/C=C\C/C=C\CC)COP(=O)(O)OCC[N+](C)(C)C. The van der Waals surface area contributed by atoms with E-state index in [1.807, 2.05) is 21.1 Å². The molecule has 0 aromatic heterocycles. The fraction of sp³-hybridized carbons (Fsp3) is 0.689. The van der Waals surface area contributed by atoms with Gasteiger partial charge in [0, 0.05) is 12.8 Å². The highest BCUT2D eigenvalue weighted by Crippen LogP contribution is 2.43. The number of phosphoric ester groups is 1. The molecule has 0 saturated heterocycles. The van der Waals surface area contributed by atoms with Crippen molar-refractivity contribution in [2.45, 2.75) is 354 Å². The van der Waals surface area contributed by atoms with E-state index in [0.717, 1.165) is 122 Å². The molecule has 0 aromatic rings. The van der Waals surface area contributed by atoms with E-state index < -0.39 is 26.5 Å². The smallest absolute Gasteiger partial charge is 0.462 e. The Balaban J connectivity index is 3.97. The van der Waals surface area contributed by atoms with Crippen LogP contribution in [0.4, 0.5) is 0 Å². The number of allylic oxidation sites excluding steroid dienone is 26. The predicted molar refractivity (Wildman–Crippen MR) is 436 cm³/mol. The summed E-state index contributed by atoms with van der Waals surface area (Å²) in [5.41, 5.74) is 0. The topological polar surface area (TPSA) is 108 Å². The van der Waals surface area contributed by atoms with Gasteiger partial charge in [0.05, 0.1) is 27.7 Å². The maximum Gasteiger partial charge on any atom is 0.472 e. The zero-order valence-corrected chi connectivity index (χ0v) is 66.3. The van der Waals surface area contributed by atoms with Crippen molar-refractivity contribution < 1.29 is 42.1 Å². The van der Waals surface area contributed by atoms with Crippen LogP contribution in [-0.2, 0) is 32.7 Å². The Hall–Kier alpha value is -4.37. The average Bonchev–Trinajstić information content (AvgIpc) is 1.02. The third-order valence-electron chi connectivity index (χ3n) is 17.6. The van der Waals surface area contributed by atoms with Crippen LogP contribution in [0.5, 0.6) is 0 Å². The summed E-state index contributed by atoms with van der Waals surface area (Å²) in [5, 5.41) is 0. The molecular weight excluding hydrogens is 1250 g/mol. The highest BCUT2D eigenvalue weighted by atomic mass is 31.2. The van der Waals surface area contributed by atoms with Gasteiger partial charge >= 0.3 is 19.8 Å². The molecule has 0 saturated carbocycles. The minimum absolute atomic E-state index is 0.0271. The standard InChI is InChI=1S/C90H154NO8P/c1-6-8-10-12-14-16-18-20-22-24-26-28-30-32-34-36-38-40-42-44-45-47-48-50-52-54-56-58-60-62-64-66-68-70-72-74-76-78-80-82-89(92)96-86-88(87-98-100(94,95)97-85-84-91(3,4)5)99-90(93)83-81-79-77-75-73-71-69-67-65-63-61-59-57-55-53-51-49-46-43-41-39-37-35-33-31-29-27-25-23-21-19-17-15-13-11-9-7-2/h8-11,14-17,20-23,26-29,32-35,39,41,46,49,53,55,88H,6-7,12-13,18-19,24-25,30-31,36-38,40,42-45,47-48,50-52,54,56-87H2,1-5H3/p+1/b10-8-,11-9-,16-14-,17-15-,22-20-,23-21-,28-26-,29-27-,34-32-,35-33-,41-39-,49-46-,55-53-. The lowest BCUT2D eigenvalue weighted by atomic mass is 10.0. The molecule has 0 amide bonds. The number of unbranched alkanes of at least 4 members (excludes halogenated alkanes) is 35. The van der Waals surface area contributed by atoms with Crippen molar-refractivity contribution in [3.05, 3.63) is 158 Å². The van der Waals surface area contributed by atoms with Gasteiger partial charge in [0.15, 0.2) is 6.10 Å². The Bertz CT molecular complexity index is 2250. The van der Waals surface area contributed by atoms with Crippen LogP contribution in [-0.4, -0.2) is 74.9 Å². The van der Waals surface area contributed by atoms with E-state index in [1.54, 1.807) is 0 Å². The maximum absolute atomic E-state index is 12.9. The van der Waals surface area contributed by atoms with Crippen molar-refractivity contribution >= 4 is 19.8 Å².